The number of aliphatic hydroxyl groups is 2. The molecule has 3 N–H and O–H groups in total. The lowest BCUT2D eigenvalue weighted by Crippen LogP contribution is -2.58. The van der Waals surface area contributed by atoms with Gasteiger partial charge in [-0.2, -0.15) is 0 Å². The Hall–Kier alpha value is -2.08. The number of cyclic esters (lactones) is 1. The summed E-state index contributed by atoms with van der Waals surface area (Å²) in [6.45, 7) is 14.3. The SMILES string of the molecule is CC[C@H](OC)[C@@H](C)C1OC1C1NCCOC1(C)/C=C/C=C(\C)[C@H]1OC(=O)CC(O)CCC(C)(O)[C@@H](OC(C)=O)/C=C/C1C. The molecule has 0 spiro atoms. The fourth-order valence-electron chi connectivity index (χ4n) is 6.28. The van der Waals surface area contributed by atoms with Crippen LogP contribution in [0.2, 0.25) is 0 Å². The summed E-state index contributed by atoms with van der Waals surface area (Å²) in [6, 6.07) is -0.0402. The first-order valence-corrected chi connectivity index (χ1v) is 15.6. The van der Waals surface area contributed by atoms with E-state index in [1.807, 2.05) is 39.0 Å². The van der Waals surface area contributed by atoms with E-state index in [4.69, 9.17) is 23.7 Å². The number of epoxide rings is 1. The first-order chi connectivity index (χ1) is 20.2. The average Bonchev–Trinajstić information content (AvgIpc) is 3.73. The number of hydrogen-bond acceptors (Lipinski definition) is 10. The molecule has 0 aliphatic carbocycles. The molecular formula is C33H53NO9. The second-order valence-electron chi connectivity index (χ2n) is 12.8. The number of rotatable bonds is 9. The predicted molar refractivity (Wildman–Crippen MR) is 162 cm³/mol. The summed E-state index contributed by atoms with van der Waals surface area (Å²) in [7, 11) is 1.74. The van der Waals surface area contributed by atoms with Gasteiger partial charge in [-0.3, -0.25) is 9.59 Å². The van der Waals surface area contributed by atoms with Gasteiger partial charge < -0.3 is 39.2 Å². The Balaban J connectivity index is 1.81. The van der Waals surface area contributed by atoms with Gasteiger partial charge in [0.25, 0.3) is 0 Å². The van der Waals surface area contributed by atoms with Crippen LogP contribution in [0.4, 0.5) is 0 Å². The number of carbonyl (C=O) groups is 2. The lowest BCUT2D eigenvalue weighted by atomic mass is 9.86. The van der Waals surface area contributed by atoms with Crippen molar-refractivity contribution in [2.75, 3.05) is 20.3 Å². The van der Waals surface area contributed by atoms with Crippen molar-refractivity contribution in [1.82, 2.24) is 5.32 Å². The summed E-state index contributed by atoms with van der Waals surface area (Å²) in [5.74, 6) is -1.10. The van der Waals surface area contributed by atoms with E-state index in [1.165, 1.54) is 6.92 Å². The maximum Gasteiger partial charge on any atom is 0.309 e. The van der Waals surface area contributed by atoms with Crippen molar-refractivity contribution in [3.63, 3.8) is 0 Å². The maximum atomic E-state index is 12.8. The molecule has 0 saturated carbocycles. The molecule has 0 aromatic rings. The highest BCUT2D eigenvalue weighted by Crippen LogP contribution is 2.40. The Morgan fingerprint density at radius 1 is 1.28 bits per heavy atom. The minimum Gasteiger partial charge on any atom is -0.457 e. The van der Waals surface area contributed by atoms with Crippen molar-refractivity contribution in [2.24, 2.45) is 11.8 Å². The zero-order valence-electron chi connectivity index (χ0n) is 27.1. The quantitative estimate of drug-likeness (QED) is 0.155. The van der Waals surface area contributed by atoms with Crippen LogP contribution < -0.4 is 5.32 Å². The number of aliphatic hydroxyl groups excluding tert-OH is 1. The van der Waals surface area contributed by atoms with Gasteiger partial charge in [0.15, 0.2) is 0 Å². The molecule has 10 heteroatoms. The van der Waals surface area contributed by atoms with Crippen LogP contribution in [0, 0.1) is 11.8 Å². The van der Waals surface area contributed by atoms with Crippen LogP contribution in [0.15, 0.2) is 36.0 Å². The van der Waals surface area contributed by atoms with Crippen LogP contribution in [-0.4, -0.2) is 96.3 Å². The van der Waals surface area contributed by atoms with Crippen molar-refractivity contribution in [1.29, 1.82) is 0 Å². The van der Waals surface area contributed by atoms with Crippen LogP contribution in [0.25, 0.3) is 0 Å². The molecule has 0 bridgehead atoms. The Bertz CT molecular complexity index is 1040. The summed E-state index contributed by atoms with van der Waals surface area (Å²) in [5.41, 5.74) is -1.25. The van der Waals surface area contributed by atoms with Gasteiger partial charge in [-0.25, -0.2) is 0 Å². The highest BCUT2D eigenvalue weighted by molar-refractivity contribution is 5.70. The molecule has 3 aliphatic rings. The molecule has 3 heterocycles. The highest BCUT2D eigenvalue weighted by atomic mass is 16.6. The van der Waals surface area contributed by atoms with Crippen LogP contribution in [-0.2, 0) is 33.3 Å². The van der Waals surface area contributed by atoms with Crippen LogP contribution in [0.3, 0.4) is 0 Å². The summed E-state index contributed by atoms with van der Waals surface area (Å²) in [6.07, 6.45) is 7.93. The highest BCUT2D eigenvalue weighted by Gasteiger charge is 2.55. The smallest absolute Gasteiger partial charge is 0.309 e. The van der Waals surface area contributed by atoms with E-state index in [2.05, 4.69) is 19.2 Å². The number of ether oxygens (including phenoxy) is 5. The van der Waals surface area contributed by atoms with Gasteiger partial charge in [0.2, 0.25) is 0 Å². The van der Waals surface area contributed by atoms with E-state index >= 15 is 0 Å². The Kier molecular flexibility index (Phi) is 12.6. The molecule has 2 fully saturated rings. The van der Waals surface area contributed by atoms with Crippen LogP contribution >= 0.6 is 0 Å². The van der Waals surface area contributed by atoms with Crippen molar-refractivity contribution in [3.8, 4) is 0 Å². The molecule has 0 amide bonds. The third-order valence-corrected chi connectivity index (χ3v) is 9.05. The second kappa shape index (κ2) is 15.3. The van der Waals surface area contributed by atoms with Crippen molar-refractivity contribution in [2.45, 2.75) is 128 Å². The van der Waals surface area contributed by atoms with E-state index in [0.29, 0.717) is 6.61 Å². The van der Waals surface area contributed by atoms with Gasteiger partial charge in [-0.1, -0.05) is 45.1 Å². The number of carbonyl (C=O) groups excluding carboxylic acids is 2. The predicted octanol–water partition coefficient (Wildman–Crippen LogP) is 3.40. The third-order valence-electron chi connectivity index (χ3n) is 9.05. The Labute approximate surface area is 256 Å². The molecule has 244 valence electrons. The molecule has 7 unspecified atom stereocenters. The van der Waals surface area contributed by atoms with E-state index in [0.717, 1.165) is 18.5 Å². The summed E-state index contributed by atoms with van der Waals surface area (Å²) >= 11 is 0. The second-order valence-corrected chi connectivity index (χ2v) is 12.8. The van der Waals surface area contributed by atoms with Gasteiger partial charge in [0.1, 0.15) is 29.5 Å². The molecule has 11 atom stereocenters. The fraction of sp³-hybridized carbons (Fsp3) is 0.758. The van der Waals surface area contributed by atoms with Gasteiger partial charge in [0.05, 0.1) is 37.4 Å². The molecule has 0 aromatic heterocycles. The number of allylic oxidation sites excluding steroid dienone is 2. The van der Waals surface area contributed by atoms with Crippen molar-refractivity contribution >= 4 is 11.9 Å². The maximum absolute atomic E-state index is 12.8. The summed E-state index contributed by atoms with van der Waals surface area (Å²) < 4.78 is 29.4. The van der Waals surface area contributed by atoms with E-state index in [9.17, 15) is 19.8 Å². The van der Waals surface area contributed by atoms with Crippen LogP contribution in [0.1, 0.15) is 74.1 Å². The van der Waals surface area contributed by atoms with Gasteiger partial charge in [0, 0.05) is 32.4 Å². The monoisotopic (exact) mass is 607 g/mol. The minimum atomic E-state index is -1.42. The van der Waals surface area contributed by atoms with Gasteiger partial charge in [-0.15, -0.1) is 0 Å². The molecule has 10 nitrogen and oxygen atoms in total. The number of esters is 2. The first-order valence-electron chi connectivity index (χ1n) is 15.6. The van der Waals surface area contributed by atoms with Crippen molar-refractivity contribution in [3.05, 3.63) is 36.0 Å². The normalized spacial score (nSPS) is 40.1. The molecule has 0 radical (unpaired) electrons. The largest absolute Gasteiger partial charge is 0.457 e. The minimum absolute atomic E-state index is 0.00505. The topological polar surface area (TPSA) is 136 Å². The number of morpholine rings is 1. The van der Waals surface area contributed by atoms with E-state index in [1.54, 1.807) is 26.2 Å². The number of methoxy groups -OCH3 is 1. The fourth-order valence-corrected chi connectivity index (χ4v) is 6.28. The molecule has 2 saturated heterocycles. The average molecular weight is 608 g/mol. The molecule has 43 heavy (non-hydrogen) atoms. The standard InChI is InChI=1S/C33H53NO9/c1-9-25(39-8)22(4)29-30(43-29)31-33(7,40-18-17-34-31)15-10-11-20(2)28-21(3)12-13-26(41-23(5)35)32(6,38)16-14-24(36)19-27(37)42-28/h10-13,15,21-22,24-26,28-31,34,36,38H,9,14,16-19H2,1-8H3/b13-12+,15-10+,20-11+/t21?,22-,24?,25+,26+,28-,29?,30?,31?,32?,33?/m1/s1. The number of hydrogen-bond donors (Lipinski definition) is 3. The van der Waals surface area contributed by atoms with E-state index < -0.39 is 41.5 Å². The Morgan fingerprint density at radius 3 is 2.65 bits per heavy atom. The number of nitrogens with one attached hydrogen (secondary N) is 1. The van der Waals surface area contributed by atoms with Gasteiger partial charge in [-0.05, 0) is 51.7 Å². The lowest BCUT2D eigenvalue weighted by Gasteiger charge is -2.39. The zero-order chi connectivity index (χ0) is 31.9. The van der Waals surface area contributed by atoms with E-state index in [-0.39, 0.29) is 55.5 Å². The van der Waals surface area contributed by atoms with Gasteiger partial charge >= 0.3 is 11.9 Å². The molecule has 3 aliphatic heterocycles. The Morgan fingerprint density at radius 2 is 2.00 bits per heavy atom. The lowest BCUT2D eigenvalue weighted by molar-refractivity contribution is -0.157. The van der Waals surface area contributed by atoms with Crippen LogP contribution in [0.5, 0.6) is 0 Å². The first kappa shape index (κ1) is 35.4. The zero-order valence-corrected chi connectivity index (χ0v) is 27.1. The molecule has 3 rings (SSSR count). The third kappa shape index (κ3) is 9.45. The van der Waals surface area contributed by atoms with Crippen molar-refractivity contribution < 1.29 is 43.5 Å². The molecular weight excluding hydrogens is 554 g/mol. The molecule has 0 aromatic carbocycles. The summed E-state index contributed by atoms with van der Waals surface area (Å²) in [4.78, 5) is 24.5. The summed E-state index contributed by atoms with van der Waals surface area (Å²) in [5, 5.41) is 25.1.